The third-order valence-electron chi connectivity index (χ3n) is 2.84. The maximum absolute atomic E-state index is 11.6. The van der Waals surface area contributed by atoms with Crippen LogP contribution in [0.1, 0.15) is 60.8 Å². The molecule has 8 heteroatoms. The van der Waals surface area contributed by atoms with Crippen molar-refractivity contribution in [2.75, 3.05) is 13.1 Å². The van der Waals surface area contributed by atoms with Crippen LogP contribution in [0.25, 0.3) is 0 Å². The highest BCUT2D eigenvalue weighted by Gasteiger charge is 2.18. The van der Waals surface area contributed by atoms with Gasteiger partial charge < -0.3 is 20.1 Å². The third kappa shape index (κ3) is 16.5. The minimum atomic E-state index is -0.503. The van der Waals surface area contributed by atoms with E-state index in [-0.39, 0.29) is 10.5 Å². The van der Waals surface area contributed by atoms with Gasteiger partial charge in [0, 0.05) is 23.6 Å². The van der Waals surface area contributed by atoms with Crippen molar-refractivity contribution < 1.29 is 19.1 Å². The summed E-state index contributed by atoms with van der Waals surface area (Å²) in [7, 11) is 0. The second-order valence-corrected chi connectivity index (χ2v) is 9.46. The summed E-state index contributed by atoms with van der Waals surface area (Å²) in [5.74, 6) is 0. The summed E-state index contributed by atoms with van der Waals surface area (Å²) in [6.07, 6.45) is 1.71. The molecule has 0 aromatic heterocycles. The fourth-order valence-electron chi connectivity index (χ4n) is 1.82. The second kappa shape index (κ2) is 11.1. The van der Waals surface area contributed by atoms with E-state index < -0.39 is 23.4 Å². The average Bonchev–Trinajstić information content (AvgIpc) is 2.39. The summed E-state index contributed by atoms with van der Waals surface area (Å²) < 4.78 is 10.3. The van der Waals surface area contributed by atoms with Crippen molar-refractivity contribution in [1.29, 1.82) is 0 Å². The Morgan fingerprint density at radius 1 is 0.800 bits per heavy atom. The highest BCUT2D eigenvalue weighted by Crippen LogP contribution is 2.12. The van der Waals surface area contributed by atoms with Gasteiger partial charge >= 0.3 is 12.2 Å². The van der Waals surface area contributed by atoms with Crippen molar-refractivity contribution in [3.63, 3.8) is 0 Å². The summed E-state index contributed by atoms with van der Waals surface area (Å²) in [6, 6.07) is 0. The number of ether oxygens (including phenoxy) is 2. The van der Waals surface area contributed by atoms with E-state index in [1.54, 1.807) is 0 Å². The van der Waals surface area contributed by atoms with E-state index in [4.69, 9.17) is 9.47 Å². The zero-order valence-electron chi connectivity index (χ0n) is 16.2. The number of hydrogen-bond acceptors (Lipinski definition) is 6. The molecule has 2 unspecified atom stereocenters. The number of carbonyl (C=O) groups is 2. The van der Waals surface area contributed by atoms with Crippen molar-refractivity contribution in [2.45, 2.75) is 82.5 Å². The van der Waals surface area contributed by atoms with Gasteiger partial charge in [-0.05, 0) is 54.4 Å². The molecule has 0 rings (SSSR count). The van der Waals surface area contributed by atoms with Crippen molar-refractivity contribution in [2.24, 2.45) is 0 Å². The predicted octanol–water partition coefficient (Wildman–Crippen LogP) is 3.80. The Bertz CT molecular complexity index is 382. The highest BCUT2D eigenvalue weighted by atomic mass is 32.1. The smallest absolute Gasteiger partial charge is 0.407 e. The first-order valence-corrected chi connectivity index (χ1v) is 9.61. The molecule has 0 bridgehead atoms. The lowest BCUT2D eigenvalue weighted by atomic mass is 10.1. The number of thiol groups is 2. The molecule has 0 aromatic rings. The molecule has 0 radical (unpaired) electrons. The minimum absolute atomic E-state index is 0.0480. The lowest BCUT2D eigenvalue weighted by Crippen LogP contribution is -2.36. The number of amides is 2. The number of hydrogen-bond donors (Lipinski definition) is 4. The molecule has 2 N–H and O–H groups in total. The van der Waals surface area contributed by atoms with Crippen molar-refractivity contribution in [3.8, 4) is 0 Å². The van der Waals surface area contributed by atoms with Crippen LogP contribution in [-0.4, -0.2) is 47.0 Å². The molecule has 148 valence electrons. The normalized spacial score (nSPS) is 14.4. The monoisotopic (exact) mass is 394 g/mol. The van der Waals surface area contributed by atoms with Gasteiger partial charge in [-0.3, -0.25) is 0 Å². The molecule has 0 spiro atoms. The first kappa shape index (κ1) is 24.2. The van der Waals surface area contributed by atoms with E-state index in [1.165, 1.54) is 0 Å². The lowest BCUT2D eigenvalue weighted by Gasteiger charge is -2.21. The van der Waals surface area contributed by atoms with Gasteiger partial charge in [-0.2, -0.15) is 25.3 Å². The van der Waals surface area contributed by atoms with E-state index in [1.807, 2.05) is 41.5 Å². The summed E-state index contributed by atoms with van der Waals surface area (Å²) in [5, 5.41) is 5.51. The largest absolute Gasteiger partial charge is 0.444 e. The van der Waals surface area contributed by atoms with Crippen molar-refractivity contribution in [3.05, 3.63) is 0 Å². The van der Waals surface area contributed by atoms with Gasteiger partial charge in [0.05, 0.1) is 0 Å². The molecular formula is C17H34N2O4S2. The Balaban J connectivity index is 3.81. The molecule has 0 aromatic carbocycles. The SMILES string of the molecule is CC(C)(C)OC(=O)NCC(S)CCCC(S)CNC(=O)OC(C)(C)C. The van der Waals surface area contributed by atoms with Crippen LogP contribution in [0.3, 0.4) is 0 Å². The summed E-state index contributed by atoms with van der Waals surface area (Å²) in [6.45, 7) is 11.8. The van der Waals surface area contributed by atoms with Crippen LogP contribution < -0.4 is 10.6 Å². The minimum Gasteiger partial charge on any atom is -0.444 e. The molecule has 0 aliphatic rings. The Kier molecular flexibility index (Phi) is 10.7. The van der Waals surface area contributed by atoms with E-state index in [0.717, 1.165) is 19.3 Å². The number of carbonyl (C=O) groups excluding carboxylic acids is 2. The molecule has 0 heterocycles. The van der Waals surface area contributed by atoms with Crippen LogP contribution in [0.2, 0.25) is 0 Å². The molecule has 25 heavy (non-hydrogen) atoms. The first-order chi connectivity index (χ1) is 11.3. The van der Waals surface area contributed by atoms with Gasteiger partial charge in [-0.15, -0.1) is 0 Å². The molecule has 0 aliphatic carbocycles. The van der Waals surface area contributed by atoms with Gasteiger partial charge in [0.25, 0.3) is 0 Å². The van der Waals surface area contributed by atoms with Gasteiger partial charge in [0.15, 0.2) is 0 Å². The van der Waals surface area contributed by atoms with Gasteiger partial charge in [0.1, 0.15) is 11.2 Å². The second-order valence-electron chi connectivity index (χ2n) is 8.00. The molecule has 0 saturated heterocycles. The van der Waals surface area contributed by atoms with Crippen LogP contribution >= 0.6 is 25.3 Å². The zero-order valence-corrected chi connectivity index (χ0v) is 18.0. The third-order valence-corrected chi connectivity index (χ3v) is 3.72. The van der Waals surface area contributed by atoms with E-state index in [2.05, 4.69) is 35.9 Å². The predicted molar refractivity (Wildman–Crippen MR) is 108 cm³/mol. The Hall–Kier alpha value is -0.760. The fourth-order valence-corrected chi connectivity index (χ4v) is 2.37. The molecule has 2 atom stereocenters. The summed E-state index contributed by atoms with van der Waals surface area (Å²) in [5.41, 5.74) is -1.01. The molecule has 2 amide bonds. The maximum atomic E-state index is 11.6. The summed E-state index contributed by atoms with van der Waals surface area (Å²) in [4.78, 5) is 23.1. The Morgan fingerprint density at radius 3 is 1.40 bits per heavy atom. The molecule has 0 fully saturated rings. The number of rotatable bonds is 8. The Morgan fingerprint density at radius 2 is 1.12 bits per heavy atom. The molecule has 6 nitrogen and oxygen atoms in total. The van der Waals surface area contributed by atoms with E-state index in [0.29, 0.717) is 13.1 Å². The summed E-state index contributed by atoms with van der Waals surface area (Å²) >= 11 is 8.93. The maximum Gasteiger partial charge on any atom is 0.407 e. The van der Waals surface area contributed by atoms with Gasteiger partial charge in [-0.25, -0.2) is 9.59 Å². The van der Waals surface area contributed by atoms with E-state index >= 15 is 0 Å². The fraction of sp³-hybridized carbons (Fsp3) is 0.882. The van der Waals surface area contributed by atoms with Crippen molar-refractivity contribution >= 4 is 37.4 Å². The highest BCUT2D eigenvalue weighted by molar-refractivity contribution is 7.81. The molecule has 0 saturated carbocycles. The molecule has 0 aliphatic heterocycles. The molecular weight excluding hydrogens is 360 g/mol. The lowest BCUT2D eigenvalue weighted by molar-refractivity contribution is 0.0517. The average molecular weight is 395 g/mol. The van der Waals surface area contributed by atoms with Gasteiger partial charge in [0.2, 0.25) is 0 Å². The van der Waals surface area contributed by atoms with Crippen LogP contribution in [-0.2, 0) is 9.47 Å². The van der Waals surface area contributed by atoms with Crippen LogP contribution in [0.4, 0.5) is 9.59 Å². The Labute approximate surface area is 163 Å². The van der Waals surface area contributed by atoms with E-state index in [9.17, 15) is 9.59 Å². The standard InChI is InChI=1S/C17H34N2O4S2/c1-16(2,3)22-14(20)18-10-12(24)8-7-9-13(25)11-19-15(21)23-17(4,5)6/h12-13,24-25H,7-11H2,1-6H3,(H,18,20)(H,19,21). The zero-order chi connectivity index (χ0) is 19.7. The van der Waals surface area contributed by atoms with Crippen LogP contribution in [0.15, 0.2) is 0 Å². The first-order valence-electron chi connectivity index (χ1n) is 8.58. The van der Waals surface area contributed by atoms with Crippen molar-refractivity contribution in [1.82, 2.24) is 10.6 Å². The number of nitrogens with one attached hydrogen (secondary N) is 2. The van der Waals surface area contributed by atoms with Crippen LogP contribution in [0, 0.1) is 0 Å². The number of alkyl carbamates (subject to hydrolysis) is 2. The topological polar surface area (TPSA) is 76.7 Å². The van der Waals surface area contributed by atoms with Crippen LogP contribution in [0.5, 0.6) is 0 Å². The van der Waals surface area contributed by atoms with Gasteiger partial charge in [-0.1, -0.05) is 6.42 Å². The quantitative estimate of drug-likeness (QED) is 0.472.